The summed E-state index contributed by atoms with van der Waals surface area (Å²) in [5.74, 6) is 0. The lowest BCUT2D eigenvalue weighted by molar-refractivity contribution is 1.30. The van der Waals surface area contributed by atoms with Gasteiger partial charge in [0.05, 0.1) is 11.1 Å². The number of hydrogen-bond acceptors (Lipinski definition) is 3. The molecule has 0 aliphatic rings. The van der Waals surface area contributed by atoms with Crippen LogP contribution >= 0.6 is 23.4 Å². The maximum Gasteiger partial charge on any atom is 0.100 e. The van der Waals surface area contributed by atoms with E-state index < -0.39 is 0 Å². The zero-order chi connectivity index (χ0) is 13.0. The molecule has 0 saturated heterocycles. The van der Waals surface area contributed by atoms with Gasteiger partial charge in [-0.3, -0.25) is 0 Å². The maximum atomic E-state index is 9.07. The molecule has 2 rings (SSSR count). The summed E-state index contributed by atoms with van der Waals surface area (Å²) in [5.41, 5.74) is 1.02. The van der Waals surface area contributed by atoms with E-state index in [-0.39, 0.29) is 0 Å². The van der Waals surface area contributed by atoms with Crippen LogP contribution in [0.3, 0.4) is 0 Å². The molecule has 0 radical (unpaired) electrons. The third-order valence-electron chi connectivity index (χ3n) is 2.29. The molecule has 0 aliphatic carbocycles. The number of hydrogen-bond donors (Lipinski definition) is 0. The van der Waals surface area contributed by atoms with E-state index in [0.717, 1.165) is 4.90 Å². The second-order valence-corrected chi connectivity index (χ2v) is 4.98. The van der Waals surface area contributed by atoms with Gasteiger partial charge in [0.25, 0.3) is 0 Å². The quantitative estimate of drug-likeness (QED) is 0.820. The first-order chi connectivity index (χ1) is 8.74. The zero-order valence-electron chi connectivity index (χ0n) is 9.22. The Kier molecular flexibility index (Phi) is 3.89. The molecule has 0 N–H and O–H groups in total. The standard InChI is InChI=1S/C14H7ClN2S/c15-12-4-6-13(7-5-12)18-14-10(8-16)2-1-3-11(14)9-17/h1-7H. The van der Waals surface area contributed by atoms with Crippen LogP contribution in [0, 0.1) is 22.7 Å². The fraction of sp³-hybridized carbons (Fsp3) is 0. The average molecular weight is 271 g/mol. The van der Waals surface area contributed by atoms with Crippen LogP contribution in [0.2, 0.25) is 5.02 Å². The molecule has 0 aliphatic heterocycles. The summed E-state index contributed by atoms with van der Waals surface area (Å²) in [4.78, 5) is 1.63. The minimum Gasteiger partial charge on any atom is -0.192 e. The van der Waals surface area contributed by atoms with Gasteiger partial charge in [-0.15, -0.1) is 0 Å². The van der Waals surface area contributed by atoms with Crippen molar-refractivity contribution in [3.05, 3.63) is 58.6 Å². The second-order valence-electron chi connectivity index (χ2n) is 3.46. The van der Waals surface area contributed by atoms with E-state index in [1.165, 1.54) is 11.8 Å². The van der Waals surface area contributed by atoms with Gasteiger partial charge in [0.15, 0.2) is 0 Å². The summed E-state index contributed by atoms with van der Waals surface area (Å²) < 4.78 is 0. The van der Waals surface area contributed by atoms with Gasteiger partial charge in [0, 0.05) is 14.8 Å². The minimum atomic E-state index is 0.508. The monoisotopic (exact) mass is 270 g/mol. The largest absolute Gasteiger partial charge is 0.192 e. The van der Waals surface area contributed by atoms with E-state index in [4.69, 9.17) is 22.1 Å². The highest BCUT2D eigenvalue weighted by Crippen LogP contribution is 2.33. The molecule has 2 aromatic carbocycles. The van der Waals surface area contributed by atoms with Crippen molar-refractivity contribution in [2.45, 2.75) is 9.79 Å². The van der Waals surface area contributed by atoms with Crippen LogP contribution < -0.4 is 0 Å². The molecule has 2 nitrogen and oxygen atoms in total. The molecule has 0 saturated carbocycles. The number of rotatable bonds is 2. The Hall–Kier alpha value is -1.94. The lowest BCUT2D eigenvalue weighted by atomic mass is 10.1. The molecule has 0 atom stereocenters. The SMILES string of the molecule is N#Cc1cccc(C#N)c1Sc1ccc(Cl)cc1. The van der Waals surface area contributed by atoms with Gasteiger partial charge in [0.1, 0.15) is 12.1 Å². The lowest BCUT2D eigenvalue weighted by Gasteiger charge is -2.05. The van der Waals surface area contributed by atoms with Crippen molar-refractivity contribution in [3.8, 4) is 12.1 Å². The smallest absolute Gasteiger partial charge is 0.100 e. The predicted octanol–water partition coefficient (Wildman–Crippen LogP) is 4.23. The second kappa shape index (κ2) is 5.60. The number of nitriles is 2. The van der Waals surface area contributed by atoms with E-state index in [1.54, 1.807) is 30.3 Å². The van der Waals surface area contributed by atoms with E-state index in [9.17, 15) is 0 Å². The Morgan fingerprint density at radius 3 is 1.94 bits per heavy atom. The highest BCUT2D eigenvalue weighted by molar-refractivity contribution is 7.99. The summed E-state index contributed by atoms with van der Waals surface area (Å²) in [6.07, 6.45) is 0. The molecular formula is C14H7ClN2S. The average Bonchev–Trinajstić information content (AvgIpc) is 2.41. The molecule has 0 bridgehead atoms. The topological polar surface area (TPSA) is 47.6 Å². The third kappa shape index (κ3) is 2.65. The fourth-order valence-electron chi connectivity index (χ4n) is 1.44. The molecule has 0 aromatic heterocycles. The summed E-state index contributed by atoms with van der Waals surface area (Å²) in [6, 6.07) is 16.6. The maximum absolute atomic E-state index is 9.07. The predicted molar refractivity (Wildman–Crippen MR) is 71.4 cm³/mol. The van der Waals surface area contributed by atoms with E-state index in [0.29, 0.717) is 21.0 Å². The van der Waals surface area contributed by atoms with Gasteiger partial charge in [-0.1, -0.05) is 29.4 Å². The van der Waals surface area contributed by atoms with E-state index >= 15 is 0 Å². The summed E-state index contributed by atoms with van der Waals surface area (Å²) in [7, 11) is 0. The number of halogens is 1. The van der Waals surface area contributed by atoms with Crippen LogP contribution in [0.5, 0.6) is 0 Å². The van der Waals surface area contributed by atoms with Crippen LogP contribution in [0.1, 0.15) is 11.1 Å². The molecule has 0 spiro atoms. The Bertz CT molecular complexity index is 619. The minimum absolute atomic E-state index is 0.508. The van der Waals surface area contributed by atoms with Gasteiger partial charge in [-0.2, -0.15) is 10.5 Å². The number of benzene rings is 2. The molecule has 0 fully saturated rings. The first kappa shape index (κ1) is 12.5. The zero-order valence-corrected chi connectivity index (χ0v) is 10.8. The van der Waals surface area contributed by atoms with Crippen molar-refractivity contribution in [2.75, 3.05) is 0 Å². The van der Waals surface area contributed by atoms with Gasteiger partial charge in [-0.25, -0.2) is 0 Å². The molecule has 0 unspecified atom stereocenters. The van der Waals surface area contributed by atoms with Gasteiger partial charge in [-0.05, 0) is 36.4 Å². The molecular weight excluding hydrogens is 264 g/mol. The van der Waals surface area contributed by atoms with Crippen molar-refractivity contribution in [3.63, 3.8) is 0 Å². The Balaban J connectivity index is 2.43. The van der Waals surface area contributed by atoms with Crippen molar-refractivity contribution in [2.24, 2.45) is 0 Å². The van der Waals surface area contributed by atoms with Crippen molar-refractivity contribution < 1.29 is 0 Å². The highest BCUT2D eigenvalue weighted by atomic mass is 35.5. The Morgan fingerprint density at radius 1 is 0.889 bits per heavy atom. The van der Waals surface area contributed by atoms with Gasteiger partial charge < -0.3 is 0 Å². The van der Waals surface area contributed by atoms with Crippen molar-refractivity contribution in [1.82, 2.24) is 0 Å². The first-order valence-electron chi connectivity index (χ1n) is 5.11. The lowest BCUT2D eigenvalue weighted by Crippen LogP contribution is -1.86. The third-order valence-corrected chi connectivity index (χ3v) is 3.69. The Morgan fingerprint density at radius 2 is 1.44 bits per heavy atom. The normalized spacial score (nSPS) is 9.50. The molecule has 18 heavy (non-hydrogen) atoms. The van der Waals surface area contributed by atoms with Crippen LogP contribution in [0.15, 0.2) is 52.3 Å². The molecule has 4 heteroatoms. The Labute approximate surface area is 114 Å². The van der Waals surface area contributed by atoms with E-state index in [2.05, 4.69) is 12.1 Å². The highest BCUT2D eigenvalue weighted by Gasteiger charge is 2.09. The van der Waals surface area contributed by atoms with Crippen LogP contribution in [-0.2, 0) is 0 Å². The van der Waals surface area contributed by atoms with Crippen LogP contribution in [0.25, 0.3) is 0 Å². The van der Waals surface area contributed by atoms with Crippen molar-refractivity contribution in [1.29, 1.82) is 10.5 Å². The summed E-state index contributed by atoms with van der Waals surface area (Å²) in [6.45, 7) is 0. The van der Waals surface area contributed by atoms with Gasteiger partial charge >= 0.3 is 0 Å². The molecule has 86 valence electrons. The number of nitrogens with zero attached hydrogens (tertiary/aromatic N) is 2. The first-order valence-corrected chi connectivity index (χ1v) is 6.30. The summed E-state index contributed by atoms with van der Waals surface area (Å²) in [5, 5.41) is 18.8. The molecule has 2 aromatic rings. The van der Waals surface area contributed by atoms with E-state index in [1.807, 2.05) is 12.1 Å². The summed E-state index contributed by atoms with van der Waals surface area (Å²) >= 11 is 7.21. The van der Waals surface area contributed by atoms with Gasteiger partial charge in [0.2, 0.25) is 0 Å². The molecule has 0 heterocycles. The van der Waals surface area contributed by atoms with Crippen molar-refractivity contribution >= 4 is 23.4 Å². The molecule has 0 amide bonds. The van der Waals surface area contributed by atoms with Crippen LogP contribution in [0.4, 0.5) is 0 Å². The van der Waals surface area contributed by atoms with Crippen LogP contribution in [-0.4, -0.2) is 0 Å². The fourth-order valence-corrected chi connectivity index (χ4v) is 2.52.